The molecule has 0 bridgehead atoms. The van der Waals surface area contributed by atoms with Gasteiger partial charge in [0.25, 0.3) is 0 Å². The molecular weight excluding hydrogens is 310 g/mol. The number of ether oxygens (including phenoxy) is 1. The predicted octanol–water partition coefficient (Wildman–Crippen LogP) is 3.29. The molecule has 21 heavy (non-hydrogen) atoms. The van der Waals surface area contributed by atoms with Crippen LogP contribution < -0.4 is 10.2 Å². The number of amides is 1. The third-order valence-corrected chi connectivity index (χ3v) is 4.27. The Morgan fingerprint density at radius 2 is 2.10 bits per heavy atom. The largest absolute Gasteiger partial charge is 0.445 e. The number of halogens is 1. The second kappa shape index (κ2) is 7.28. The first-order chi connectivity index (χ1) is 10.1. The highest BCUT2D eigenvalue weighted by molar-refractivity contribution is 7.16. The summed E-state index contributed by atoms with van der Waals surface area (Å²) < 4.78 is 5.12. The third kappa shape index (κ3) is 4.61. The fourth-order valence-corrected chi connectivity index (χ4v) is 2.68. The Morgan fingerprint density at radius 1 is 1.38 bits per heavy atom. The minimum absolute atomic E-state index is 0.242. The standard InChI is InChI=1S/C14H16ClN3O2S/c1-18(2)13-17-12(15)11(21-13)8-16-14(19)20-9-10-6-4-3-5-7-10/h3-7H,8-9H2,1-2H3,(H,16,19). The van der Waals surface area contributed by atoms with E-state index in [-0.39, 0.29) is 6.61 Å². The van der Waals surface area contributed by atoms with Crippen LogP contribution in [0.25, 0.3) is 0 Å². The van der Waals surface area contributed by atoms with Gasteiger partial charge in [0.15, 0.2) is 5.13 Å². The summed E-state index contributed by atoms with van der Waals surface area (Å²) in [6.45, 7) is 0.546. The smallest absolute Gasteiger partial charge is 0.407 e. The second-order valence-corrected chi connectivity index (χ2v) is 5.94. The lowest BCUT2D eigenvalue weighted by molar-refractivity contribution is 0.139. The quantitative estimate of drug-likeness (QED) is 0.916. The van der Waals surface area contributed by atoms with E-state index >= 15 is 0 Å². The van der Waals surface area contributed by atoms with Crippen molar-refractivity contribution in [2.45, 2.75) is 13.2 Å². The Balaban J connectivity index is 1.81. The van der Waals surface area contributed by atoms with Crippen molar-refractivity contribution in [2.75, 3.05) is 19.0 Å². The molecule has 0 aliphatic carbocycles. The average molecular weight is 326 g/mol. The van der Waals surface area contributed by atoms with E-state index in [0.717, 1.165) is 15.6 Å². The van der Waals surface area contributed by atoms with E-state index in [4.69, 9.17) is 16.3 Å². The molecule has 1 aromatic heterocycles. The summed E-state index contributed by atoms with van der Waals surface area (Å²) in [4.78, 5) is 18.5. The Morgan fingerprint density at radius 3 is 2.71 bits per heavy atom. The molecule has 0 aliphatic rings. The van der Waals surface area contributed by atoms with Gasteiger partial charge >= 0.3 is 6.09 Å². The van der Waals surface area contributed by atoms with Crippen molar-refractivity contribution in [2.24, 2.45) is 0 Å². The summed E-state index contributed by atoms with van der Waals surface area (Å²) >= 11 is 7.46. The van der Waals surface area contributed by atoms with Crippen LogP contribution in [0.4, 0.5) is 9.93 Å². The number of hydrogen-bond acceptors (Lipinski definition) is 5. The SMILES string of the molecule is CN(C)c1nc(Cl)c(CNC(=O)OCc2ccccc2)s1. The van der Waals surface area contributed by atoms with Gasteiger partial charge in [-0.3, -0.25) is 0 Å². The number of hydrogen-bond donors (Lipinski definition) is 1. The maximum atomic E-state index is 11.6. The molecule has 0 radical (unpaired) electrons. The molecule has 0 atom stereocenters. The van der Waals surface area contributed by atoms with Gasteiger partial charge in [0.05, 0.1) is 11.4 Å². The van der Waals surface area contributed by atoms with Crippen LogP contribution in [0.2, 0.25) is 5.15 Å². The molecule has 0 aliphatic heterocycles. The second-order valence-electron chi connectivity index (χ2n) is 4.52. The number of benzene rings is 1. The van der Waals surface area contributed by atoms with E-state index in [9.17, 15) is 4.79 Å². The molecule has 0 saturated heterocycles. The lowest BCUT2D eigenvalue weighted by atomic mass is 10.2. The molecule has 1 amide bonds. The Labute approximate surface area is 132 Å². The van der Waals surface area contributed by atoms with Gasteiger partial charge in [-0.05, 0) is 5.56 Å². The first kappa shape index (κ1) is 15.6. The Bertz CT molecular complexity index is 602. The number of alkyl carbamates (subject to hydrolysis) is 1. The molecule has 112 valence electrons. The fraction of sp³-hybridized carbons (Fsp3) is 0.286. The number of nitrogens with zero attached hydrogens (tertiary/aromatic N) is 2. The number of carbonyl (C=O) groups is 1. The first-order valence-corrected chi connectivity index (χ1v) is 7.53. The van der Waals surface area contributed by atoms with E-state index in [0.29, 0.717) is 11.7 Å². The number of anilines is 1. The van der Waals surface area contributed by atoms with Crippen LogP contribution in [0.1, 0.15) is 10.4 Å². The van der Waals surface area contributed by atoms with Crippen molar-refractivity contribution in [3.05, 3.63) is 45.9 Å². The Kier molecular flexibility index (Phi) is 5.41. The predicted molar refractivity (Wildman–Crippen MR) is 84.9 cm³/mol. The maximum Gasteiger partial charge on any atom is 0.407 e. The van der Waals surface area contributed by atoms with E-state index in [1.807, 2.05) is 49.3 Å². The zero-order valence-electron chi connectivity index (χ0n) is 11.8. The lowest BCUT2D eigenvalue weighted by Gasteiger charge is -2.06. The van der Waals surface area contributed by atoms with Crippen LogP contribution in [0, 0.1) is 0 Å². The molecule has 7 heteroatoms. The number of carbonyl (C=O) groups excluding carboxylic acids is 1. The molecule has 0 unspecified atom stereocenters. The minimum atomic E-state index is -0.477. The lowest BCUT2D eigenvalue weighted by Crippen LogP contribution is -2.23. The van der Waals surface area contributed by atoms with E-state index in [1.165, 1.54) is 11.3 Å². The van der Waals surface area contributed by atoms with Crippen LogP contribution in [-0.2, 0) is 17.9 Å². The van der Waals surface area contributed by atoms with Gasteiger partial charge in [-0.15, -0.1) is 0 Å². The zero-order valence-corrected chi connectivity index (χ0v) is 13.4. The van der Waals surface area contributed by atoms with Gasteiger partial charge in [0.2, 0.25) is 0 Å². The van der Waals surface area contributed by atoms with Crippen LogP contribution >= 0.6 is 22.9 Å². The number of nitrogens with one attached hydrogen (secondary N) is 1. The summed E-state index contributed by atoms with van der Waals surface area (Å²) in [5, 5.41) is 3.88. The fourth-order valence-electron chi connectivity index (χ4n) is 1.55. The summed E-state index contributed by atoms with van der Waals surface area (Å²) in [5.41, 5.74) is 0.943. The van der Waals surface area contributed by atoms with Crippen molar-refractivity contribution >= 4 is 34.2 Å². The molecule has 1 heterocycles. The van der Waals surface area contributed by atoms with Crippen LogP contribution in [0.3, 0.4) is 0 Å². The molecule has 5 nitrogen and oxygen atoms in total. The average Bonchev–Trinajstić information content (AvgIpc) is 2.85. The highest BCUT2D eigenvalue weighted by atomic mass is 35.5. The summed E-state index contributed by atoms with van der Waals surface area (Å²) in [5.74, 6) is 0. The Hall–Kier alpha value is -1.79. The van der Waals surface area contributed by atoms with Crippen molar-refractivity contribution in [3.8, 4) is 0 Å². The monoisotopic (exact) mass is 325 g/mol. The summed E-state index contributed by atoms with van der Waals surface area (Å²) in [6, 6.07) is 9.51. The van der Waals surface area contributed by atoms with Crippen LogP contribution in [-0.4, -0.2) is 25.2 Å². The number of rotatable bonds is 5. The van der Waals surface area contributed by atoms with Crippen molar-refractivity contribution < 1.29 is 9.53 Å². The molecule has 0 fully saturated rings. The highest BCUT2D eigenvalue weighted by Crippen LogP contribution is 2.28. The van der Waals surface area contributed by atoms with Crippen LogP contribution in [0.15, 0.2) is 30.3 Å². The normalized spacial score (nSPS) is 10.2. The minimum Gasteiger partial charge on any atom is -0.445 e. The van der Waals surface area contributed by atoms with Gasteiger partial charge < -0.3 is 15.0 Å². The van der Waals surface area contributed by atoms with Crippen molar-refractivity contribution in [3.63, 3.8) is 0 Å². The van der Waals surface area contributed by atoms with Crippen molar-refractivity contribution in [1.82, 2.24) is 10.3 Å². The van der Waals surface area contributed by atoms with E-state index in [2.05, 4.69) is 10.3 Å². The molecule has 0 spiro atoms. The number of aromatic nitrogens is 1. The van der Waals surface area contributed by atoms with Gasteiger partial charge in [0.1, 0.15) is 11.8 Å². The molecule has 1 N–H and O–H groups in total. The van der Waals surface area contributed by atoms with Gasteiger partial charge in [-0.2, -0.15) is 0 Å². The summed E-state index contributed by atoms with van der Waals surface area (Å²) in [7, 11) is 3.78. The van der Waals surface area contributed by atoms with Crippen LogP contribution in [0.5, 0.6) is 0 Å². The topological polar surface area (TPSA) is 54.5 Å². The molecule has 2 rings (SSSR count). The van der Waals surface area contributed by atoms with E-state index in [1.54, 1.807) is 0 Å². The zero-order chi connectivity index (χ0) is 15.2. The summed E-state index contributed by atoms with van der Waals surface area (Å²) in [6.07, 6.45) is -0.477. The first-order valence-electron chi connectivity index (χ1n) is 6.33. The number of thiazole rings is 1. The molecule has 2 aromatic rings. The van der Waals surface area contributed by atoms with Crippen molar-refractivity contribution in [1.29, 1.82) is 0 Å². The molecule has 0 saturated carbocycles. The van der Waals surface area contributed by atoms with Gasteiger partial charge in [-0.1, -0.05) is 53.3 Å². The molecular formula is C14H16ClN3O2S. The third-order valence-electron chi connectivity index (χ3n) is 2.63. The van der Waals surface area contributed by atoms with Gasteiger partial charge in [0, 0.05) is 14.1 Å². The highest BCUT2D eigenvalue weighted by Gasteiger charge is 2.12. The maximum absolute atomic E-state index is 11.6. The van der Waals surface area contributed by atoms with E-state index < -0.39 is 6.09 Å². The molecule has 1 aromatic carbocycles. The van der Waals surface area contributed by atoms with Gasteiger partial charge in [-0.25, -0.2) is 9.78 Å².